The molecular weight excluding hydrogens is 444 g/mol. The number of carbonyl (C=O) groups excluding carboxylic acids is 1. The van der Waals surface area contributed by atoms with Crippen molar-refractivity contribution in [3.05, 3.63) is 83.1 Å². The number of unbranched alkanes of at least 4 members (excludes halogenated alkanes) is 2. The molecule has 2 aromatic carbocycles. The van der Waals surface area contributed by atoms with Gasteiger partial charge in [-0.05, 0) is 58.2 Å². The van der Waals surface area contributed by atoms with Crippen LogP contribution in [-0.4, -0.2) is 36.5 Å². The molecule has 0 saturated carbocycles. The average Bonchev–Trinajstić information content (AvgIpc) is 3.20. The third kappa shape index (κ3) is 4.66. The standard InChI is InChI=1S/C32H41N2O2/c1-7-33-28-19-18-24(2)22-26(28)32(5,6)29(33)16-13-17-30-31(3,4)25-14-9-10-15-27(25)34(30)20-11-8-12-21-36-23-35/h9-10,13-19,22-23H,7-8,11-12,20-21H2,1-6H3/q+1. The van der Waals surface area contributed by atoms with Gasteiger partial charge >= 0.3 is 0 Å². The summed E-state index contributed by atoms with van der Waals surface area (Å²) in [7, 11) is 0. The quantitative estimate of drug-likeness (QED) is 0.207. The van der Waals surface area contributed by atoms with Gasteiger partial charge in [0.05, 0.1) is 12.0 Å². The SMILES string of the molecule is CCN1/C(=C/C=CC2=[N+](CCCCCOC=O)c3ccccc3C2(C)C)C(C)(C)c2cc(C)ccc21. The van der Waals surface area contributed by atoms with Gasteiger partial charge in [-0.1, -0.05) is 55.8 Å². The predicted octanol–water partition coefficient (Wildman–Crippen LogP) is 6.97. The van der Waals surface area contributed by atoms with Crippen LogP contribution in [0.15, 0.2) is 66.4 Å². The molecule has 4 rings (SSSR count). The minimum absolute atomic E-state index is 0.0379. The van der Waals surface area contributed by atoms with Crippen molar-refractivity contribution in [2.75, 3.05) is 24.6 Å². The van der Waals surface area contributed by atoms with Gasteiger partial charge in [-0.2, -0.15) is 4.58 Å². The molecule has 0 atom stereocenters. The molecular formula is C32H41N2O2+. The number of anilines is 1. The molecule has 4 nitrogen and oxygen atoms in total. The van der Waals surface area contributed by atoms with Crippen molar-refractivity contribution in [1.82, 2.24) is 0 Å². The lowest BCUT2D eigenvalue weighted by molar-refractivity contribution is -0.438. The van der Waals surface area contributed by atoms with E-state index in [2.05, 4.69) is 112 Å². The van der Waals surface area contributed by atoms with Crippen molar-refractivity contribution >= 4 is 23.6 Å². The van der Waals surface area contributed by atoms with Crippen LogP contribution in [0.3, 0.4) is 0 Å². The van der Waals surface area contributed by atoms with Crippen molar-refractivity contribution in [2.24, 2.45) is 0 Å². The van der Waals surface area contributed by atoms with Gasteiger partial charge in [0.25, 0.3) is 6.47 Å². The molecule has 0 spiro atoms. The second-order valence-electron chi connectivity index (χ2n) is 11.0. The monoisotopic (exact) mass is 485 g/mol. The number of hydrogen-bond acceptors (Lipinski definition) is 3. The van der Waals surface area contributed by atoms with Crippen molar-refractivity contribution in [3.8, 4) is 0 Å². The van der Waals surface area contributed by atoms with Crippen LogP contribution >= 0.6 is 0 Å². The molecule has 2 aliphatic rings. The third-order valence-corrected chi connectivity index (χ3v) is 7.88. The number of hydrogen-bond donors (Lipinski definition) is 0. The zero-order valence-corrected chi connectivity index (χ0v) is 22.8. The minimum atomic E-state index is -0.0675. The van der Waals surface area contributed by atoms with Crippen LogP contribution in [0.2, 0.25) is 0 Å². The maximum atomic E-state index is 10.4. The van der Waals surface area contributed by atoms with Crippen LogP contribution in [0, 0.1) is 6.92 Å². The van der Waals surface area contributed by atoms with Crippen LogP contribution in [-0.2, 0) is 20.4 Å². The first-order chi connectivity index (χ1) is 17.2. The topological polar surface area (TPSA) is 32.5 Å². The molecule has 0 fully saturated rings. The number of rotatable bonds is 10. The average molecular weight is 486 g/mol. The van der Waals surface area contributed by atoms with E-state index in [1.807, 2.05) is 0 Å². The number of allylic oxidation sites excluding steroid dienone is 4. The molecule has 0 aromatic heterocycles. The first-order valence-electron chi connectivity index (χ1n) is 13.3. The fourth-order valence-electron chi connectivity index (χ4n) is 5.92. The van der Waals surface area contributed by atoms with Crippen LogP contribution in [0.5, 0.6) is 0 Å². The number of nitrogens with zero attached hydrogens (tertiary/aromatic N) is 2. The van der Waals surface area contributed by atoms with Gasteiger partial charge in [0.15, 0.2) is 5.71 Å². The summed E-state index contributed by atoms with van der Waals surface area (Å²) in [5.41, 5.74) is 9.29. The molecule has 2 aromatic rings. The highest BCUT2D eigenvalue weighted by molar-refractivity contribution is 6.03. The Hall–Kier alpha value is -3.14. The first-order valence-corrected chi connectivity index (χ1v) is 13.3. The van der Waals surface area contributed by atoms with Crippen molar-refractivity contribution in [2.45, 2.75) is 71.6 Å². The highest BCUT2D eigenvalue weighted by Gasteiger charge is 2.44. The predicted molar refractivity (Wildman–Crippen MR) is 150 cm³/mol. The molecule has 0 radical (unpaired) electrons. The number of carbonyl (C=O) groups is 1. The van der Waals surface area contributed by atoms with Gasteiger partial charge < -0.3 is 9.64 Å². The molecule has 0 amide bonds. The number of para-hydroxylation sites is 1. The Morgan fingerprint density at radius 1 is 0.972 bits per heavy atom. The Morgan fingerprint density at radius 2 is 1.75 bits per heavy atom. The summed E-state index contributed by atoms with van der Waals surface area (Å²) >= 11 is 0. The van der Waals surface area contributed by atoms with Crippen LogP contribution in [0.4, 0.5) is 11.4 Å². The fraction of sp³-hybridized carbons (Fsp3) is 0.438. The van der Waals surface area contributed by atoms with E-state index in [0.717, 1.165) is 32.4 Å². The molecule has 0 saturated heterocycles. The zero-order valence-electron chi connectivity index (χ0n) is 22.8. The molecule has 0 unspecified atom stereocenters. The van der Waals surface area contributed by atoms with Gasteiger partial charge in [-0.15, -0.1) is 0 Å². The maximum absolute atomic E-state index is 10.4. The number of aryl methyl sites for hydroxylation is 1. The lowest BCUT2D eigenvalue weighted by Crippen LogP contribution is -2.28. The fourth-order valence-corrected chi connectivity index (χ4v) is 5.92. The van der Waals surface area contributed by atoms with E-state index in [1.54, 1.807) is 0 Å². The lowest BCUT2D eigenvalue weighted by Gasteiger charge is -2.25. The van der Waals surface area contributed by atoms with E-state index in [1.165, 1.54) is 39.5 Å². The second kappa shape index (κ2) is 10.5. The Kier molecular flexibility index (Phi) is 7.54. The Balaban J connectivity index is 1.65. The highest BCUT2D eigenvalue weighted by atomic mass is 16.5. The van der Waals surface area contributed by atoms with Crippen molar-refractivity contribution in [1.29, 1.82) is 0 Å². The summed E-state index contributed by atoms with van der Waals surface area (Å²) in [6.45, 7) is 16.7. The second-order valence-corrected chi connectivity index (χ2v) is 11.0. The molecule has 2 aliphatic heterocycles. The summed E-state index contributed by atoms with van der Waals surface area (Å²) in [6, 6.07) is 15.6. The third-order valence-electron chi connectivity index (χ3n) is 7.88. The van der Waals surface area contributed by atoms with E-state index in [9.17, 15) is 4.79 Å². The molecule has 190 valence electrons. The molecule has 0 aliphatic carbocycles. The zero-order chi connectivity index (χ0) is 25.9. The summed E-state index contributed by atoms with van der Waals surface area (Å²) in [6.07, 6.45) is 9.88. The summed E-state index contributed by atoms with van der Waals surface area (Å²) in [4.78, 5) is 12.9. The largest absolute Gasteiger partial charge is 0.468 e. The van der Waals surface area contributed by atoms with Crippen LogP contribution < -0.4 is 4.90 Å². The molecule has 2 heterocycles. The Morgan fingerprint density at radius 3 is 2.50 bits per heavy atom. The van der Waals surface area contributed by atoms with E-state index in [-0.39, 0.29) is 10.8 Å². The van der Waals surface area contributed by atoms with Crippen LogP contribution in [0.25, 0.3) is 0 Å². The lowest BCUT2D eigenvalue weighted by atomic mass is 9.81. The maximum Gasteiger partial charge on any atom is 0.293 e. The van der Waals surface area contributed by atoms with E-state index >= 15 is 0 Å². The minimum Gasteiger partial charge on any atom is -0.468 e. The first kappa shape index (κ1) is 25.9. The summed E-state index contributed by atoms with van der Waals surface area (Å²) in [5, 5.41) is 0. The van der Waals surface area contributed by atoms with Gasteiger partial charge in [-0.25, -0.2) is 0 Å². The highest BCUT2D eigenvalue weighted by Crippen LogP contribution is 2.48. The van der Waals surface area contributed by atoms with Crippen molar-refractivity contribution in [3.63, 3.8) is 0 Å². The summed E-state index contributed by atoms with van der Waals surface area (Å²) in [5.74, 6) is 0. The molecule has 36 heavy (non-hydrogen) atoms. The number of fused-ring (bicyclic) bond motifs is 2. The van der Waals surface area contributed by atoms with Gasteiger partial charge in [0.2, 0.25) is 5.69 Å². The number of benzene rings is 2. The Bertz CT molecular complexity index is 1220. The number of ether oxygens (including phenoxy) is 1. The van der Waals surface area contributed by atoms with Crippen molar-refractivity contribution < 1.29 is 14.1 Å². The molecule has 0 N–H and O–H groups in total. The van der Waals surface area contributed by atoms with Gasteiger partial charge in [-0.3, -0.25) is 4.79 Å². The molecule has 0 bridgehead atoms. The van der Waals surface area contributed by atoms with E-state index < -0.39 is 0 Å². The van der Waals surface area contributed by atoms with E-state index in [4.69, 9.17) is 4.74 Å². The van der Waals surface area contributed by atoms with E-state index in [0.29, 0.717) is 13.1 Å². The van der Waals surface area contributed by atoms with Gasteiger partial charge in [0, 0.05) is 47.5 Å². The Labute approximate surface area is 217 Å². The van der Waals surface area contributed by atoms with Crippen LogP contribution in [0.1, 0.15) is 70.6 Å². The smallest absolute Gasteiger partial charge is 0.293 e. The normalized spacial score (nSPS) is 18.7. The molecule has 4 heteroatoms. The number of likely N-dealkylation sites (N-methyl/N-ethyl adjacent to an activating group) is 1. The van der Waals surface area contributed by atoms with Gasteiger partial charge in [0.1, 0.15) is 6.54 Å². The summed E-state index contributed by atoms with van der Waals surface area (Å²) < 4.78 is 7.35.